The highest BCUT2D eigenvalue weighted by Crippen LogP contribution is 2.31. The Bertz CT molecular complexity index is 1120. The van der Waals surface area contributed by atoms with Crippen LogP contribution in [0.1, 0.15) is 39.2 Å². The Morgan fingerprint density at radius 2 is 2.00 bits per heavy atom. The highest BCUT2D eigenvalue weighted by molar-refractivity contribution is 7.97. The number of nitrogens with zero attached hydrogens (tertiary/aromatic N) is 2. The molecule has 0 aliphatic heterocycles. The summed E-state index contributed by atoms with van der Waals surface area (Å²) in [6.45, 7) is 11.7. The van der Waals surface area contributed by atoms with E-state index in [9.17, 15) is 4.79 Å². The first-order valence-corrected chi connectivity index (χ1v) is 13.6. The van der Waals surface area contributed by atoms with Gasteiger partial charge in [0, 0.05) is 23.2 Å². The predicted octanol–water partition coefficient (Wildman–Crippen LogP) is 6.32. The number of aromatic nitrogens is 1. The third-order valence-electron chi connectivity index (χ3n) is 5.76. The summed E-state index contributed by atoms with van der Waals surface area (Å²) in [5.74, 6) is 0.889. The minimum atomic E-state index is -0.128. The van der Waals surface area contributed by atoms with Crippen LogP contribution in [0.5, 0.6) is 0 Å². The van der Waals surface area contributed by atoms with Crippen molar-refractivity contribution >= 4 is 45.1 Å². The number of carbonyl (C=O) groups excluding carboxylic acids is 1. The fourth-order valence-corrected chi connectivity index (χ4v) is 5.43. The molecule has 3 aromatic rings. The maximum absolute atomic E-state index is 12.4. The lowest BCUT2D eigenvalue weighted by Gasteiger charge is -2.29. The third kappa shape index (κ3) is 8.56. The molecule has 1 heterocycles. The molecule has 1 unspecified atom stereocenters. The number of benzene rings is 2. The Morgan fingerprint density at radius 1 is 1.20 bits per heavy atom. The number of hydrogen-bond donors (Lipinski definition) is 2. The molecule has 2 aromatic carbocycles. The van der Waals surface area contributed by atoms with Crippen LogP contribution in [-0.4, -0.2) is 41.4 Å². The molecule has 0 spiro atoms. The van der Waals surface area contributed by atoms with Crippen molar-refractivity contribution in [3.8, 4) is 0 Å². The standard InChI is InChI=1S/C27H36N4O2S2/c1-19(2)14-15-31(35-23-12-13-25-26(16-23)34-18-29-25)20(3)10-11-22-8-6-7-9-24(22)30-27(32)17-28-21(4)33-5/h6-9,12-13,16,18-20,28H,4,10-11,14-15,17H2,1-3,5H3,(H,30,32). The second-order valence-corrected chi connectivity index (χ2v) is 11.0. The number of rotatable bonds is 14. The monoisotopic (exact) mass is 512 g/mol. The lowest BCUT2D eigenvalue weighted by molar-refractivity contribution is -0.115. The lowest BCUT2D eigenvalue weighted by atomic mass is 10.0. The molecule has 35 heavy (non-hydrogen) atoms. The largest absolute Gasteiger partial charge is 0.483 e. The number of para-hydroxylation sites is 1. The zero-order valence-corrected chi connectivity index (χ0v) is 22.7. The summed E-state index contributed by atoms with van der Waals surface area (Å²) >= 11 is 3.51. The van der Waals surface area contributed by atoms with Crippen LogP contribution in [0.25, 0.3) is 10.2 Å². The van der Waals surface area contributed by atoms with Gasteiger partial charge in [0.15, 0.2) is 5.88 Å². The molecule has 0 saturated heterocycles. The van der Waals surface area contributed by atoms with Gasteiger partial charge in [0.05, 0.1) is 29.4 Å². The van der Waals surface area contributed by atoms with Crippen molar-refractivity contribution in [2.24, 2.45) is 5.92 Å². The van der Waals surface area contributed by atoms with E-state index in [4.69, 9.17) is 4.74 Å². The summed E-state index contributed by atoms with van der Waals surface area (Å²) < 4.78 is 8.69. The fraction of sp³-hybridized carbons (Fsp3) is 0.407. The molecule has 188 valence electrons. The van der Waals surface area contributed by atoms with E-state index in [-0.39, 0.29) is 12.5 Å². The highest BCUT2D eigenvalue weighted by atomic mass is 32.2. The van der Waals surface area contributed by atoms with Crippen LogP contribution in [-0.2, 0) is 16.0 Å². The van der Waals surface area contributed by atoms with E-state index >= 15 is 0 Å². The first-order chi connectivity index (χ1) is 16.9. The van der Waals surface area contributed by atoms with Gasteiger partial charge in [0.2, 0.25) is 5.91 Å². The molecular weight excluding hydrogens is 476 g/mol. The number of ether oxygens (including phenoxy) is 1. The number of aryl methyl sites for hydroxylation is 1. The molecule has 1 aromatic heterocycles. The van der Waals surface area contributed by atoms with Crippen molar-refractivity contribution in [1.29, 1.82) is 0 Å². The Hall–Kier alpha value is -2.55. The molecule has 1 amide bonds. The quantitative estimate of drug-likeness (QED) is 0.195. The minimum absolute atomic E-state index is 0.112. The first kappa shape index (κ1) is 27.0. The van der Waals surface area contributed by atoms with E-state index in [1.54, 1.807) is 11.3 Å². The molecule has 0 saturated carbocycles. The van der Waals surface area contributed by atoms with E-state index in [0.717, 1.165) is 42.6 Å². The third-order valence-corrected chi connectivity index (χ3v) is 7.79. The number of carbonyl (C=O) groups is 1. The fourth-order valence-electron chi connectivity index (χ4n) is 3.58. The Balaban J connectivity index is 1.63. The van der Waals surface area contributed by atoms with Crippen LogP contribution >= 0.6 is 23.3 Å². The first-order valence-electron chi connectivity index (χ1n) is 12.0. The van der Waals surface area contributed by atoms with Crippen LogP contribution in [0.15, 0.2) is 65.3 Å². The molecule has 0 radical (unpaired) electrons. The summed E-state index contributed by atoms with van der Waals surface area (Å²) in [7, 11) is 1.52. The van der Waals surface area contributed by atoms with Gasteiger partial charge in [0.1, 0.15) is 0 Å². The second kappa shape index (κ2) is 13.5. The van der Waals surface area contributed by atoms with E-state index in [1.165, 1.54) is 16.7 Å². The van der Waals surface area contributed by atoms with Gasteiger partial charge in [0.25, 0.3) is 0 Å². The molecule has 6 nitrogen and oxygen atoms in total. The number of hydrogen-bond acceptors (Lipinski definition) is 7. The molecular formula is C27H36N4O2S2. The van der Waals surface area contributed by atoms with Gasteiger partial charge in [-0.3, -0.25) is 4.79 Å². The highest BCUT2D eigenvalue weighted by Gasteiger charge is 2.17. The van der Waals surface area contributed by atoms with Crippen molar-refractivity contribution < 1.29 is 9.53 Å². The Kier molecular flexibility index (Phi) is 10.4. The molecule has 3 rings (SSSR count). The molecule has 0 fully saturated rings. The summed E-state index contributed by atoms with van der Waals surface area (Å²) in [6.07, 6.45) is 3.01. The molecule has 0 aliphatic carbocycles. The average Bonchev–Trinajstić information content (AvgIpc) is 3.32. The predicted molar refractivity (Wildman–Crippen MR) is 149 cm³/mol. The van der Waals surface area contributed by atoms with Crippen molar-refractivity contribution in [3.63, 3.8) is 0 Å². The van der Waals surface area contributed by atoms with Crippen molar-refractivity contribution in [1.82, 2.24) is 14.6 Å². The number of nitrogens with one attached hydrogen (secondary N) is 2. The maximum Gasteiger partial charge on any atom is 0.243 e. The zero-order chi connectivity index (χ0) is 25.2. The van der Waals surface area contributed by atoms with Gasteiger partial charge in [-0.25, -0.2) is 9.29 Å². The van der Waals surface area contributed by atoms with E-state index < -0.39 is 0 Å². The van der Waals surface area contributed by atoms with Crippen molar-refractivity contribution in [2.75, 3.05) is 25.5 Å². The summed E-state index contributed by atoms with van der Waals surface area (Å²) in [4.78, 5) is 18.0. The topological polar surface area (TPSA) is 66.5 Å². The van der Waals surface area contributed by atoms with E-state index in [2.05, 4.69) is 71.5 Å². The SMILES string of the molecule is C=C(NCC(=O)Nc1ccccc1CCC(C)N(CCC(C)C)Sc1ccc2ncsc2c1)OC. The van der Waals surface area contributed by atoms with Crippen molar-refractivity contribution in [3.05, 3.63) is 66.0 Å². The summed E-state index contributed by atoms with van der Waals surface area (Å²) in [6, 6.07) is 14.9. The molecule has 8 heteroatoms. The van der Waals surface area contributed by atoms with Gasteiger partial charge in [-0.2, -0.15) is 0 Å². The maximum atomic E-state index is 12.4. The van der Waals surface area contributed by atoms with Gasteiger partial charge < -0.3 is 15.4 Å². The average molecular weight is 513 g/mol. The summed E-state index contributed by atoms with van der Waals surface area (Å²) in [5, 5.41) is 5.87. The van der Waals surface area contributed by atoms with Crippen LogP contribution < -0.4 is 10.6 Å². The number of anilines is 1. The van der Waals surface area contributed by atoms with E-state index in [0.29, 0.717) is 17.8 Å². The van der Waals surface area contributed by atoms with Gasteiger partial charge in [-0.05, 0) is 80.5 Å². The lowest BCUT2D eigenvalue weighted by Crippen LogP contribution is -2.29. The smallest absolute Gasteiger partial charge is 0.243 e. The van der Waals surface area contributed by atoms with Crippen LogP contribution in [0.2, 0.25) is 0 Å². The zero-order valence-electron chi connectivity index (χ0n) is 21.0. The number of amides is 1. The molecule has 1 atom stereocenters. The van der Waals surface area contributed by atoms with Crippen molar-refractivity contribution in [2.45, 2.75) is 51.0 Å². The number of methoxy groups -OCH3 is 1. The second-order valence-electron chi connectivity index (χ2n) is 8.97. The molecule has 2 N–H and O–H groups in total. The Morgan fingerprint density at radius 3 is 2.77 bits per heavy atom. The molecule has 0 bridgehead atoms. The van der Waals surface area contributed by atoms with Gasteiger partial charge >= 0.3 is 0 Å². The van der Waals surface area contributed by atoms with Crippen LogP contribution in [0.3, 0.4) is 0 Å². The number of thiazole rings is 1. The number of fused-ring (bicyclic) bond motifs is 1. The van der Waals surface area contributed by atoms with Crippen LogP contribution in [0.4, 0.5) is 5.69 Å². The van der Waals surface area contributed by atoms with Crippen LogP contribution in [0, 0.1) is 5.92 Å². The molecule has 0 aliphatic rings. The Labute approximate surface area is 217 Å². The van der Waals surface area contributed by atoms with E-state index in [1.807, 2.05) is 35.7 Å². The van der Waals surface area contributed by atoms with Gasteiger partial charge in [-0.15, -0.1) is 11.3 Å². The normalized spacial score (nSPS) is 12.2. The minimum Gasteiger partial charge on any atom is -0.483 e. The summed E-state index contributed by atoms with van der Waals surface area (Å²) in [5.41, 5.74) is 4.95. The van der Waals surface area contributed by atoms with Gasteiger partial charge in [-0.1, -0.05) is 32.0 Å².